The van der Waals surface area contributed by atoms with Crippen molar-refractivity contribution in [1.29, 1.82) is 0 Å². The second kappa shape index (κ2) is 5.69. The maximum atomic E-state index is 12.2. The smallest absolute Gasteiger partial charge is 0.311 e. The van der Waals surface area contributed by atoms with Crippen LogP contribution in [0, 0.1) is 11.8 Å². The number of esters is 1. The maximum Gasteiger partial charge on any atom is 0.311 e. The number of hydrogen-bond donors (Lipinski definition) is 0. The van der Waals surface area contributed by atoms with Crippen molar-refractivity contribution in [2.75, 3.05) is 7.11 Å². The van der Waals surface area contributed by atoms with Gasteiger partial charge in [-0.1, -0.05) is 40.0 Å². The number of hydrogen-bond acceptors (Lipinski definition) is 3. The minimum atomic E-state index is -1.89. The molecule has 0 radical (unpaired) electrons. The van der Waals surface area contributed by atoms with Gasteiger partial charge in [-0.05, 0) is 43.3 Å². The summed E-state index contributed by atoms with van der Waals surface area (Å²) in [5.74, 6) is 0.449. The largest absolute Gasteiger partial charge is 0.469 e. The van der Waals surface area contributed by atoms with Gasteiger partial charge in [-0.3, -0.25) is 4.79 Å². The van der Waals surface area contributed by atoms with Crippen molar-refractivity contribution in [3.63, 3.8) is 0 Å². The Kier molecular flexibility index (Phi) is 4.61. The highest BCUT2D eigenvalue weighted by atomic mass is 28.4. The summed E-state index contributed by atoms with van der Waals surface area (Å²) in [7, 11) is -0.379. The molecule has 2 rings (SSSR count). The molecule has 0 heterocycles. The van der Waals surface area contributed by atoms with Crippen molar-refractivity contribution < 1.29 is 14.0 Å². The highest BCUT2D eigenvalue weighted by Crippen LogP contribution is 2.57. The Morgan fingerprint density at radius 3 is 2.43 bits per heavy atom. The predicted molar refractivity (Wildman–Crippen MR) is 87.7 cm³/mol. The van der Waals surface area contributed by atoms with Gasteiger partial charge in [0, 0.05) is 0 Å². The zero-order valence-electron chi connectivity index (χ0n) is 14.6. The van der Waals surface area contributed by atoms with E-state index < -0.39 is 8.32 Å². The topological polar surface area (TPSA) is 35.5 Å². The molecule has 0 N–H and O–H groups in total. The summed E-state index contributed by atoms with van der Waals surface area (Å²) >= 11 is 0. The first-order valence-electron chi connectivity index (χ1n) is 8.42. The van der Waals surface area contributed by atoms with Crippen LogP contribution in [-0.2, 0) is 14.0 Å². The van der Waals surface area contributed by atoms with Gasteiger partial charge in [-0.15, -0.1) is 0 Å². The molecule has 0 unspecified atom stereocenters. The maximum absolute atomic E-state index is 12.2. The van der Waals surface area contributed by atoms with Gasteiger partial charge in [0.25, 0.3) is 0 Å². The van der Waals surface area contributed by atoms with Gasteiger partial charge in [0.15, 0.2) is 8.32 Å². The van der Waals surface area contributed by atoms with Crippen molar-refractivity contribution in [3.05, 3.63) is 0 Å². The van der Waals surface area contributed by atoms with Gasteiger partial charge in [0.2, 0.25) is 0 Å². The van der Waals surface area contributed by atoms with Crippen LogP contribution < -0.4 is 0 Å². The predicted octanol–water partition coefficient (Wildman–Crippen LogP) is 4.52. The Balaban J connectivity index is 2.29. The molecule has 2 saturated carbocycles. The molecule has 0 aromatic rings. The molecular formula is C17H32O3Si. The van der Waals surface area contributed by atoms with Crippen molar-refractivity contribution >= 4 is 14.3 Å². The minimum Gasteiger partial charge on any atom is -0.469 e. The molecule has 0 spiro atoms. The molecule has 122 valence electrons. The SMILES string of the molecule is COC(=O)[C@H]1C[C@@H]2CCCCC[C@]21O[Si](C)(C)C(C)(C)C. The van der Waals surface area contributed by atoms with Gasteiger partial charge >= 0.3 is 5.97 Å². The molecule has 0 aliphatic heterocycles. The summed E-state index contributed by atoms with van der Waals surface area (Å²) in [5.41, 5.74) is -0.230. The lowest BCUT2D eigenvalue weighted by Crippen LogP contribution is -2.65. The van der Waals surface area contributed by atoms with E-state index in [9.17, 15) is 4.79 Å². The molecule has 4 heteroatoms. The van der Waals surface area contributed by atoms with Gasteiger partial charge in [-0.25, -0.2) is 0 Å². The number of ether oxygens (including phenoxy) is 1. The quantitative estimate of drug-likeness (QED) is 0.568. The molecule has 2 fully saturated rings. The molecule has 3 atom stereocenters. The van der Waals surface area contributed by atoms with E-state index in [-0.39, 0.29) is 22.5 Å². The van der Waals surface area contributed by atoms with E-state index >= 15 is 0 Å². The fourth-order valence-corrected chi connectivity index (χ4v) is 5.46. The van der Waals surface area contributed by atoms with Crippen LogP contribution in [0.2, 0.25) is 18.1 Å². The van der Waals surface area contributed by atoms with Gasteiger partial charge in [-0.2, -0.15) is 0 Å². The summed E-state index contributed by atoms with van der Waals surface area (Å²) in [5, 5.41) is 0.175. The fourth-order valence-electron chi connectivity index (χ4n) is 3.79. The molecule has 21 heavy (non-hydrogen) atoms. The average Bonchev–Trinajstić information content (AvgIpc) is 2.50. The number of methoxy groups -OCH3 is 1. The third-order valence-electron chi connectivity index (χ3n) is 6.16. The van der Waals surface area contributed by atoms with E-state index in [1.54, 1.807) is 0 Å². The van der Waals surface area contributed by atoms with E-state index in [2.05, 4.69) is 33.9 Å². The zero-order valence-corrected chi connectivity index (χ0v) is 15.6. The van der Waals surface area contributed by atoms with Crippen molar-refractivity contribution in [2.24, 2.45) is 11.8 Å². The summed E-state index contributed by atoms with van der Waals surface area (Å²) in [6.45, 7) is 11.4. The van der Waals surface area contributed by atoms with Crippen LogP contribution in [0.5, 0.6) is 0 Å². The van der Waals surface area contributed by atoms with E-state index in [0.29, 0.717) is 5.92 Å². The lowest BCUT2D eigenvalue weighted by atomic mass is 9.58. The fraction of sp³-hybridized carbons (Fsp3) is 0.941. The Hall–Kier alpha value is -0.353. The third kappa shape index (κ3) is 2.94. The first-order chi connectivity index (χ1) is 9.64. The van der Waals surface area contributed by atoms with Gasteiger partial charge in [0.1, 0.15) is 0 Å². The number of carbonyl (C=O) groups excluding carboxylic acids is 1. The summed E-state index contributed by atoms with van der Waals surface area (Å²) in [6, 6.07) is 0. The Morgan fingerprint density at radius 1 is 1.19 bits per heavy atom. The van der Waals surface area contributed by atoms with E-state index in [0.717, 1.165) is 12.8 Å². The number of rotatable bonds is 3. The van der Waals surface area contributed by atoms with Crippen LogP contribution in [0.15, 0.2) is 0 Å². The Morgan fingerprint density at radius 2 is 1.86 bits per heavy atom. The van der Waals surface area contributed by atoms with Crippen molar-refractivity contribution in [2.45, 2.75) is 83.0 Å². The van der Waals surface area contributed by atoms with E-state index in [1.807, 2.05) is 0 Å². The van der Waals surface area contributed by atoms with Gasteiger partial charge < -0.3 is 9.16 Å². The molecule has 0 aromatic heterocycles. The van der Waals surface area contributed by atoms with Crippen molar-refractivity contribution in [3.8, 4) is 0 Å². The summed E-state index contributed by atoms with van der Waals surface area (Å²) < 4.78 is 11.9. The van der Waals surface area contributed by atoms with Crippen molar-refractivity contribution in [1.82, 2.24) is 0 Å². The first kappa shape index (κ1) is 17.0. The van der Waals surface area contributed by atoms with Crippen LogP contribution in [0.3, 0.4) is 0 Å². The van der Waals surface area contributed by atoms with Crippen LogP contribution in [0.25, 0.3) is 0 Å². The standard InChI is InChI=1S/C17H32O3Si/c1-16(2,3)21(5,6)20-17-11-9-7-8-10-13(17)12-14(17)15(18)19-4/h13-14H,7-12H2,1-6H3/t13-,14+,17-/m0/s1. The third-order valence-corrected chi connectivity index (χ3v) is 10.7. The minimum absolute atomic E-state index is 0.0419. The summed E-state index contributed by atoms with van der Waals surface area (Å²) in [4.78, 5) is 12.2. The second-order valence-corrected chi connectivity index (χ2v) is 13.1. The van der Waals surface area contributed by atoms with Gasteiger partial charge in [0.05, 0.1) is 18.6 Å². The molecule has 0 saturated heterocycles. The van der Waals surface area contributed by atoms with Crippen LogP contribution >= 0.6 is 0 Å². The lowest BCUT2D eigenvalue weighted by Gasteiger charge is -2.58. The highest BCUT2D eigenvalue weighted by molar-refractivity contribution is 6.74. The average molecular weight is 313 g/mol. The monoisotopic (exact) mass is 312 g/mol. The molecule has 0 aromatic carbocycles. The number of fused-ring (bicyclic) bond motifs is 1. The molecule has 0 amide bonds. The normalized spacial score (nSPS) is 33.6. The molecule has 2 aliphatic rings. The van der Waals surface area contributed by atoms with E-state index in [4.69, 9.17) is 9.16 Å². The molecular weight excluding hydrogens is 280 g/mol. The highest BCUT2D eigenvalue weighted by Gasteiger charge is 2.62. The van der Waals surface area contributed by atoms with E-state index in [1.165, 1.54) is 32.8 Å². The van der Waals surface area contributed by atoms with Crippen LogP contribution in [-0.4, -0.2) is 27.0 Å². The number of carbonyl (C=O) groups is 1. The lowest BCUT2D eigenvalue weighted by molar-refractivity contribution is -0.185. The summed E-state index contributed by atoms with van der Waals surface area (Å²) in [6.07, 6.45) is 6.93. The Bertz CT molecular complexity index is 399. The van der Waals surface area contributed by atoms with Crippen LogP contribution in [0.4, 0.5) is 0 Å². The zero-order chi connectivity index (χ0) is 15.9. The second-order valence-electron chi connectivity index (χ2n) is 8.43. The molecule has 2 aliphatic carbocycles. The molecule has 3 nitrogen and oxygen atoms in total. The molecule has 0 bridgehead atoms. The Labute approximate surface area is 130 Å². The van der Waals surface area contributed by atoms with Crippen LogP contribution in [0.1, 0.15) is 59.3 Å². The first-order valence-corrected chi connectivity index (χ1v) is 11.3.